The maximum absolute atomic E-state index is 12.5. The number of alkyl halides is 3. The standard InChI is InChI=1S/C18H15F3N2O2/c19-18(20,21)14-4-2-12(3-5-14)17(25)22-8-7-11-1-6-15-13(9-11)10-16(24)23-15/h1-6,9H,7-8,10H2,(H,22,25)(H,23,24). The predicted molar refractivity (Wildman–Crippen MR) is 86.3 cm³/mol. The number of rotatable bonds is 4. The van der Waals surface area contributed by atoms with Gasteiger partial charge < -0.3 is 10.6 Å². The smallest absolute Gasteiger partial charge is 0.352 e. The minimum absolute atomic E-state index is 0.0391. The average Bonchev–Trinajstić information content (AvgIpc) is 2.93. The van der Waals surface area contributed by atoms with Gasteiger partial charge in [-0.2, -0.15) is 13.2 Å². The molecule has 2 aromatic carbocycles. The lowest BCUT2D eigenvalue weighted by molar-refractivity contribution is -0.137. The second kappa shape index (κ2) is 6.58. The Morgan fingerprint density at radius 2 is 1.84 bits per heavy atom. The van der Waals surface area contributed by atoms with Gasteiger partial charge >= 0.3 is 6.18 Å². The van der Waals surface area contributed by atoms with Crippen LogP contribution in [0.1, 0.15) is 27.0 Å². The summed E-state index contributed by atoms with van der Waals surface area (Å²) in [4.78, 5) is 23.3. The van der Waals surface area contributed by atoms with Crippen molar-refractivity contribution >= 4 is 17.5 Å². The van der Waals surface area contributed by atoms with Crippen LogP contribution in [0, 0.1) is 0 Å². The highest BCUT2D eigenvalue weighted by Crippen LogP contribution is 2.29. The molecule has 2 aromatic rings. The second-order valence-corrected chi connectivity index (χ2v) is 5.80. The summed E-state index contributed by atoms with van der Waals surface area (Å²) in [5.74, 6) is -0.463. The molecule has 4 nitrogen and oxygen atoms in total. The van der Waals surface area contributed by atoms with Crippen molar-refractivity contribution in [3.63, 3.8) is 0 Å². The van der Waals surface area contributed by atoms with Crippen molar-refractivity contribution in [2.75, 3.05) is 11.9 Å². The van der Waals surface area contributed by atoms with Crippen LogP contribution in [-0.4, -0.2) is 18.4 Å². The zero-order valence-corrected chi connectivity index (χ0v) is 13.1. The third-order valence-corrected chi connectivity index (χ3v) is 3.97. The second-order valence-electron chi connectivity index (χ2n) is 5.80. The van der Waals surface area contributed by atoms with Crippen molar-refractivity contribution in [1.29, 1.82) is 0 Å². The highest BCUT2D eigenvalue weighted by molar-refractivity contribution is 5.99. The van der Waals surface area contributed by atoms with Crippen molar-refractivity contribution < 1.29 is 22.8 Å². The number of carbonyl (C=O) groups is 2. The number of hydrogen-bond acceptors (Lipinski definition) is 2. The topological polar surface area (TPSA) is 58.2 Å². The zero-order valence-electron chi connectivity index (χ0n) is 13.1. The van der Waals surface area contributed by atoms with Crippen LogP contribution in [0.15, 0.2) is 42.5 Å². The number of nitrogens with one attached hydrogen (secondary N) is 2. The van der Waals surface area contributed by atoms with Crippen molar-refractivity contribution in [1.82, 2.24) is 5.32 Å². The summed E-state index contributed by atoms with van der Waals surface area (Å²) in [6, 6.07) is 9.70. The lowest BCUT2D eigenvalue weighted by Crippen LogP contribution is -2.25. The van der Waals surface area contributed by atoms with Crippen LogP contribution in [0.25, 0.3) is 0 Å². The van der Waals surface area contributed by atoms with Crippen LogP contribution >= 0.6 is 0 Å². The summed E-state index contributed by atoms with van der Waals surface area (Å²) in [5, 5.41) is 5.43. The van der Waals surface area contributed by atoms with E-state index in [0.29, 0.717) is 19.4 Å². The quantitative estimate of drug-likeness (QED) is 0.892. The Kier molecular flexibility index (Phi) is 4.48. The molecule has 0 saturated carbocycles. The van der Waals surface area contributed by atoms with Gasteiger partial charge in [0, 0.05) is 17.8 Å². The minimum atomic E-state index is -4.42. The molecule has 7 heteroatoms. The molecule has 0 unspecified atom stereocenters. The molecule has 25 heavy (non-hydrogen) atoms. The predicted octanol–water partition coefficient (Wildman–Crippen LogP) is 3.17. The van der Waals surface area contributed by atoms with Gasteiger partial charge in [0.1, 0.15) is 0 Å². The maximum atomic E-state index is 12.5. The molecule has 1 aliphatic heterocycles. The normalized spacial score (nSPS) is 13.3. The Labute approximate surface area is 142 Å². The fourth-order valence-corrected chi connectivity index (χ4v) is 2.67. The molecule has 130 valence electrons. The largest absolute Gasteiger partial charge is 0.416 e. The van der Waals surface area contributed by atoms with Crippen LogP contribution < -0.4 is 10.6 Å². The Balaban J connectivity index is 1.55. The highest BCUT2D eigenvalue weighted by Gasteiger charge is 2.30. The average molecular weight is 348 g/mol. The van der Waals surface area contributed by atoms with Gasteiger partial charge in [-0.1, -0.05) is 12.1 Å². The van der Waals surface area contributed by atoms with Gasteiger partial charge in [-0.05, 0) is 47.9 Å². The molecule has 0 aliphatic carbocycles. The van der Waals surface area contributed by atoms with E-state index in [1.54, 1.807) is 0 Å². The molecule has 0 bridgehead atoms. The van der Waals surface area contributed by atoms with E-state index in [9.17, 15) is 22.8 Å². The van der Waals surface area contributed by atoms with Gasteiger partial charge in [0.05, 0.1) is 12.0 Å². The molecule has 2 amide bonds. The number of carbonyl (C=O) groups excluding carboxylic acids is 2. The summed E-state index contributed by atoms with van der Waals surface area (Å²) in [5.41, 5.74) is 2.10. The Bertz CT molecular complexity index is 814. The number of anilines is 1. The number of fused-ring (bicyclic) bond motifs is 1. The van der Waals surface area contributed by atoms with Crippen LogP contribution in [0.3, 0.4) is 0 Å². The van der Waals surface area contributed by atoms with Crippen molar-refractivity contribution in [3.8, 4) is 0 Å². The highest BCUT2D eigenvalue weighted by atomic mass is 19.4. The van der Waals surface area contributed by atoms with Gasteiger partial charge in [0.2, 0.25) is 5.91 Å². The number of amides is 2. The van der Waals surface area contributed by atoms with Crippen LogP contribution in [-0.2, 0) is 23.8 Å². The van der Waals surface area contributed by atoms with E-state index in [1.807, 2.05) is 18.2 Å². The molecule has 3 rings (SSSR count). The number of halogens is 3. The molecule has 0 fully saturated rings. The van der Waals surface area contributed by atoms with Crippen molar-refractivity contribution in [2.45, 2.75) is 19.0 Å². The fourth-order valence-electron chi connectivity index (χ4n) is 2.67. The summed E-state index contributed by atoms with van der Waals surface area (Å²) in [6.07, 6.45) is -3.51. The summed E-state index contributed by atoms with van der Waals surface area (Å²) < 4.78 is 37.5. The summed E-state index contributed by atoms with van der Waals surface area (Å²) in [7, 11) is 0. The minimum Gasteiger partial charge on any atom is -0.352 e. The summed E-state index contributed by atoms with van der Waals surface area (Å²) in [6.45, 7) is 0.347. The van der Waals surface area contributed by atoms with Crippen molar-refractivity contribution in [2.24, 2.45) is 0 Å². The third kappa shape index (κ3) is 3.99. The molecule has 1 aliphatic rings. The molecule has 2 N–H and O–H groups in total. The van der Waals surface area contributed by atoms with E-state index < -0.39 is 17.6 Å². The van der Waals surface area contributed by atoms with Crippen LogP contribution in [0.5, 0.6) is 0 Å². The number of benzene rings is 2. The van der Waals surface area contributed by atoms with Crippen LogP contribution in [0.4, 0.5) is 18.9 Å². The van der Waals surface area contributed by atoms with Crippen LogP contribution in [0.2, 0.25) is 0 Å². The van der Waals surface area contributed by atoms with Gasteiger partial charge in [-0.15, -0.1) is 0 Å². The molecule has 1 heterocycles. The molecular weight excluding hydrogens is 333 g/mol. The number of hydrogen-bond donors (Lipinski definition) is 2. The van der Waals surface area contributed by atoms with E-state index >= 15 is 0 Å². The maximum Gasteiger partial charge on any atom is 0.416 e. The molecule has 0 spiro atoms. The van der Waals surface area contributed by atoms with Gasteiger partial charge in [0.15, 0.2) is 0 Å². The van der Waals surface area contributed by atoms with Gasteiger partial charge in [-0.3, -0.25) is 9.59 Å². The van der Waals surface area contributed by atoms with E-state index in [0.717, 1.165) is 41.1 Å². The SMILES string of the molecule is O=C1Cc2cc(CCNC(=O)c3ccc(C(F)(F)F)cc3)ccc2N1. The van der Waals surface area contributed by atoms with Crippen molar-refractivity contribution in [3.05, 3.63) is 64.7 Å². The first-order chi connectivity index (χ1) is 11.8. The molecule has 0 atom stereocenters. The lowest BCUT2D eigenvalue weighted by atomic mass is 10.1. The van der Waals surface area contributed by atoms with E-state index in [-0.39, 0.29) is 11.5 Å². The first-order valence-corrected chi connectivity index (χ1v) is 7.70. The van der Waals surface area contributed by atoms with E-state index in [2.05, 4.69) is 10.6 Å². The zero-order chi connectivity index (χ0) is 18.0. The Hall–Kier alpha value is -2.83. The lowest BCUT2D eigenvalue weighted by Gasteiger charge is -2.09. The summed E-state index contributed by atoms with van der Waals surface area (Å²) >= 11 is 0. The molecule has 0 saturated heterocycles. The van der Waals surface area contributed by atoms with Gasteiger partial charge in [-0.25, -0.2) is 0 Å². The monoisotopic (exact) mass is 348 g/mol. The molecule has 0 aromatic heterocycles. The van der Waals surface area contributed by atoms with Gasteiger partial charge in [0.25, 0.3) is 5.91 Å². The van der Waals surface area contributed by atoms with E-state index in [1.165, 1.54) is 0 Å². The first kappa shape index (κ1) is 17.0. The first-order valence-electron chi connectivity index (χ1n) is 7.70. The molecule has 0 radical (unpaired) electrons. The Morgan fingerprint density at radius 3 is 2.52 bits per heavy atom. The Morgan fingerprint density at radius 1 is 1.12 bits per heavy atom. The fraction of sp³-hybridized carbons (Fsp3) is 0.222. The van der Waals surface area contributed by atoms with E-state index in [4.69, 9.17) is 0 Å². The third-order valence-electron chi connectivity index (χ3n) is 3.97. The molecular formula is C18H15F3N2O2.